The van der Waals surface area contributed by atoms with Gasteiger partial charge in [-0.15, -0.1) is 0 Å². The standard InChI is InChI=1S/C5H7F4N/c6-4(7)2-1-3(10)5(4,8)9/h3H,1-2,10H2. The summed E-state index contributed by atoms with van der Waals surface area (Å²) >= 11 is 0. The van der Waals surface area contributed by atoms with Crippen molar-refractivity contribution in [1.82, 2.24) is 0 Å². The first kappa shape index (κ1) is 7.78. The molecule has 0 aliphatic heterocycles. The summed E-state index contributed by atoms with van der Waals surface area (Å²) in [5.74, 6) is -7.90. The Morgan fingerprint density at radius 1 is 1.20 bits per heavy atom. The van der Waals surface area contributed by atoms with Gasteiger partial charge in [0, 0.05) is 6.42 Å². The average molecular weight is 157 g/mol. The molecule has 1 rings (SSSR count). The molecule has 1 atom stereocenters. The average Bonchev–Trinajstić information content (AvgIpc) is 1.94. The molecule has 0 aromatic rings. The van der Waals surface area contributed by atoms with Crippen LogP contribution in [0.25, 0.3) is 0 Å². The smallest absolute Gasteiger partial charge is 0.322 e. The van der Waals surface area contributed by atoms with Gasteiger partial charge in [-0.2, -0.15) is 17.6 Å². The summed E-state index contributed by atoms with van der Waals surface area (Å²) in [6.45, 7) is 0. The SMILES string of the molecule is NC1CCC(F)(F)C1(F)F. The van der Waals surface area contributed by atoms with E-state index in [0.29, 0.717) is 0 Å². The van der Waals surface area contributed by atoms with E-state index < -0.39 is 24.3 Å². The molecule has 10 heavy (non-hydrogen) atoms. The fraction of sp³-hybridized carbons (Fsp3) is 1.00. The highest BCUT2D eigenvalue weighted by molar-refractivity contribution is 5.00. The molecule has 2 N–H and O–H groups in total. The molecule has 0 aromatic carbocycles. The van der Waals surface area contributed by atoms with E-state index in [-0.39, 0.29) is 6.42 Å². The van der Waals surface area contributed by atoms with Gasteiger partial charge in [0.15, 0.2) is 0 Å². The molecule has 0 saturated heterocycles. The molecule has 0 amide bonds. The number of halogens is 4. The monoisotopic (exact) mass is 157 g/mol. The van der Waals surface area contributed by atoms with Gasteiger partial charge in [0.1, 0.15) is 0 Å². The van der Waals surface area contributed by atoms with Gasteiger partial charge in [-0.05, 0) is 6.42 Å². The number of nitrogens with two attached hydrogens (primary N) is 1. The van der Waals surface area contributed by atoms with E-state index in [4.69, 9.17) is 5.73 Å². The minimum absolute atomic E-state index is 0.306. The van der Waals surface area contributed by atoms with E-state index in [0.717, 1.165) is 0 Å². The van der Waals surface area contributed by atoms with Crippen molar-refractivity contribution in [1.29, 1.82) is 0 Å². The molecular weight excluding hydrogens is 150 g/mol. The first-order valence-electron chi connectivity index (χ1n) is 2.89. The second-order valence-electron chi connectivity index (χ2n) is 2.47. The van der Waals surface area contributed by atoms with Crippen LogP contribution < -0.4 is 5.73 Å². The van der Waals surface area contributed by atoms with Crippen LogP contribution in [0.5, 0.6) is 0 Å². The van der Waals surface area contributed by atoms with Crippen LogP contribution in [0.15, 0.2) is 0 Å². The lowest BCUT2D eigenvalue weighted by molar-refractivity contribution is -0.191. The van der Waals surface area contributed by atoms with E-state index in [9.17, 15) is 17.6 Å². The Bertz CT molecular complexity index is 145. The Labute approximate surface area is 55.2 Å². The highest BCUT2D eigenvalue weighted by Crippen LogP contribution is 2.46. The van der Waals surface area contributed by atoms with Crippen molar-refractivity contribution in [2.75, 3.05) is 0 Å². The van der Waals surface area contributed by atoms with Crippen LogP contribution in [0.4, 0.5) is 17.6 Å². The lowest BCUT2D eigenvalue weighted by atomic mass is 10.2. The Morgan fingerprint density at radius 3 is 1.80 bits per heavy atom. The van der Waals surface area contributed by atoms with Gasteiger partial charge in [0.2, 0.25) is 0 Å². The summed E-state index contributed by atoms with van der Waals surface area (Å²) in [6.07, 6.45) is -1.11. The van der Waals surface area contributed by atoms with Crippen LogP contribution in [0.2, 0.25) is 0 Å². The third-order valence-electron chi connectivity index (χ3n) is 1.72. The molecule has 0 aromatic heterocycles. The number of hydrogen-bond acceptors (Lipinski definition) is 1. The van der Waals surface area contributed by atoms with Crippen LogP contribution >= 0.6 is 0 Å². The van der Waals surface area contributed by atoms with Crippen molar-refractivity contribution in [3.8, 4) is 0 Å². The van der Waals surface area contributed by atoms with E-state index in [1.54, 1.807) is 0 Å². The van der Waals surface area contributed by atoms with Gasteiger partial charge in [0.25, 0.3) is 0 Å². The van der Waals surface area contributed by atoms with Gasteiger partial charge >= 0.3 is 11.8 Å². The topological polar surface area (TPSA) is 26.0 Å². The summed E-state index contributed by atoms with van der Waals surface area (Å²) in [5, 5.41) is 0. The van der Waals surface area contributed by atoms with Crippen molar-refractivity contribution in [3.05, 3.63) is 0 Å². The minimum atomic E-state index is -4.01. The molecule has 0 spiro atoms. The number of hydrogen-bond donors (Lipinski definition) is 1. The molecule has 60 valence electrons. The molecule has 0 bridgehead atoms. The summed E-state index contributed by atoms with van der Waals surface area (Å²) < 4.78 is 48.8. The van der Waals surface area contributed by atoms with Gasteiger partial charge in [-0.25, -0.2) is 0 Å². The Kier molecular flexibility index (Phi) is 1.43. The first-order chi connectivity index (χ1) is 4.38. The van der Waals surface area contributed by atoms with Crippen molar-refractivity contribution in [3.63, 3.8) is 0 Å². The second kappa shape index (κ2) is 1.84. The van der Waals surface area contributed by atoms with Crippen LogP contribution in [-0.2, 0) is 0 Å². The van der Waals surface area contributed by atoms with Gasteiger partial charge < -0.3 is 5.73 Å². The molecule has 1 unspecified atom stereocenters. The third-order valence-corrected chi connectivity index (χ3v) is 1.72. The molecule has 1 aliphatic rings. The third kappa shape index (κ3) is 0.801. The molecule has 0 radical (unpaired) electrons. The number of alkyl halides is 4. The predicted octanol–water partition coefficient (Wildman–Crippen LogP) is 1.38. The van der Waals surface area contributed by atoms with Gasteiger partial charge in [-0.3, -0.25) is 0 Å². The molecule has 5 heteroatoms. The molecule has 0 heterocycles. The normalized spacial score (nSPS) is 36.3. The van der Waals surface area contributed by atoms with Gasteiger partial charge in [-0.1, -0.05) is 0 Å². The van der Waals surface area contributed by atoms with E-state index in [1.165, 1.54) is 0 Å². The Hall–Kier alpha value is -0.320. The summed E-state index contributed by atoms with van der Waals surface area (Å²) in [5.41, 5.74) is 4.76. The molecule has 1 aliphatic carbocycles. The maximum absolute atomic E-state index is 12.2. The Balaban J connectivity index is 2.84. The largest absolute Gasteiger partial charge is 0.324 e. The van der Waals surface area contributed by atoms with Gasteiger partial charge in [0.05, 0.1) is 6.04 Å². The summed E-state index contributed by atoms with van der Waals surface area (Å²) in [7, 11) is 0. The maximum atomic E-state index is 12.2. The molecular formula is C5H7F4N. The van der Waals surface area contributed by atoms with Crippen molar-refractivity contribution >= 4 is 0 Å². The van der Waals surface area contributed by atoms with Crippen LogP contribution in [0.1, 0.15) is 12.8 Å². The van der Waals surface area contributed by atoms with Crippen LogP contribution in [0.3, 0.4) is 0 Å². The molecule has 1 fully saturated rings. The lowest BCUT2D eigenvalue weighted by Gasteiger charge is -2.20. The fourth-order valence-corrected chi connectivity index (χ4v) is 0.956. The first-order valence-corrected chi connectivity index (χ1v) is 2.89. The molecule has 1 nitrogen and oxygen atoms in total. The maximum Gasteiger partial charge on any atom is 0.324 e. The lowest BCUT2D eigenvalue weighted by Crippen LogP contribution is -2.46. The van der Waals surface area contributed by atoms with Crippen molar-refractivity contribution in [2.45, 2.75) is 30.7 Å². The summed E-state index contributed by atoms with van der Waals surface area (Å²) in [4.78, 5) is 0. The zero-order valence-electron chi connectivity index (χ0n) is 5.08. The van der Waals surface area contributed by atoms with Crippen LogP contribution in [-0.4, -0.2) is 17.9 Å². The zero-order chi connectivity index (χ0) is 7.99. The fourth-order valence-electron chi connectivity index (χ4n) is 0.956. The molecule has 1 saturated carbocycles. The zero-order valence-corrected chi connectivity index (χ0v) is 5.08. The van der Waals surface area contributed by atoms with Crippen molar-refractivity contribution in [2.24, 2.45) is 5.73 Å². The quantitative estimate of drug-likeness (QED) is 0.528. The summed E-state index contributed by atoms with van der Waals surface area (Å²) in [6, 6.07) is -1.68. The predicted molar refractivity (Wildman–Crippen MR) is 27.1 cm³/mol. The highest BCUT2D eigenvalue weighted by Gasteiger charge is 2.64. The van der Waals surface area contributed by atoms with Crippen LogP contribution in [0, 0.1) is 0 Å². The van der Waals surface area contributed by atoms with E-state index >= 15 is 0 Å². The Morgan fingerprint density at radius 2 is 1.70 bits per heavy atom. The van der Waals surface area contributed by atoms with E-state index in [2.05, 4.69) is 0 Å². The van der Waals surface area contributed by atoms with Crippen molar-refractivity contribution < 1.29 is 17.6 Å². The number of rotatable bonds is 0. The minimum Gasteiger partial charge on any atom is -0.322 e. The highest BCUT2D eigenvalue weighted by atomic mass is 19.3. The van der Waals surface area contributed by atoms with E-state index in [1.807, 2.05) is 0 Å². The second-order valence-corrected chi connectivity index (χ2v) is 2.47.